The van der Waals surface area contributed by atoms with Crippen molar-refractivity contribution < 1.29 is 27.4 Å². The lowest BCUT2D eigenvalue weighted by Crippen LogP contribution is -2.30. The summed E-state index contributed by atoms with van der Waals surface area (Å²) in [6.07, 6.45) is 0. The zero-order valence-corrected chi connectivity index (χ0v) is 17.7. The van der Waals surface area contributed by atoms with Crippen LogP contribution in [0.5, 0.6) is 17.2 Å². The molecule has 8 nitrogen and oxygen atoms in total. The zero-order valence-electron chi connectivity index (χ0n) is 16.9. The van der Waals surface area contributed by atoms with Gasteiger partial charge in [0.1, 0.15) is 5.75 Å². The van der Waals surface area contributed by atoms with Crippen molar-refractivity contribution in [3.63, 3.8) is 0 Å². The summed E-state index contributed by atoms with van der Waals surface area (Å²) < 4.78 is 42.5. The highest BCUT2D eigenvalue weighted by atomic mass is 32.2. The van der Waals surface area contributed by atoms with Gasteiger partial charge in [0.05, 0.1) is 19.1 Å². The molecule has 9 heteroatoms. The fourth-order valence-corrected chi connectivity index (χ4v) is 3.74. The fraction of sp³-hybridized carbons (Fsp3) is 0.350. The Morgan fingerprint density at radius 3 is 2.24 bits per heavy atom. The molecular formula is C20H26N2O6S. The van der Waals surface area contributed by atoms with Crippen LogP contribution in [-0.4, -0.2) is 41.2 Å². The maximum Gasteiger partial charge on any atom is 0.258 e. The number of hydrogen-bond acceptors (Lipinski definition) is 6. The number of carbonyl (C=O) groups is 1. The SMILES string of the molecule is COc1ccc(CNC(=O)COc2ccc(S(=O)(=O)NC(C)C)cc2)cc1OC. The van der Waals surface area contributed by atoms with E-state index in [0.717, 1.165) is 5.56 Å². The highest BCUT2D eigenvalue weighted by molar-refractivity contribution is 7.89. The highest BCUT2D eigenvalue weighted by Gasteiger charge is 2.15. The van der Waals surface area contributed by atoms with Crippen molar-refractivity contribution in [3.05, 3.63) is 48.0 Å². The van der Waals surface area contributed by atoms with Gasteiger partial charge in [-0.1, -0.05) is 6.07 Å². The number of rotatable bonds is 10. The Bertz CT molecular complexity index is 926. The molecule has 0 aliphatic heterocycles. The lowest BCUT2D eigenvalue weighted by atomic mass is 10.2. The predicted octanol–water partition coefficient (Wildman–Crippen LogP) is 2.09. The smallest absolute Gasteiger partial charge is 0.258 e. The normalized spacial score (nSPS) is 11.2. The van der Waals surface area contributed by atoms with Crippen molar-refractivity contribution >= 4 is 15.9 Å². The van der Waals surface area contributed by atoms with Gasteiger partial charge in [0.2, 0.25) is 10.0 Å². The summed E-state index contributed by atoms with van der Waals surface area (Å²) in [4.78, 5) is 12.2. The Morgan fingerprint density at radius 1 is 1.00 bits per heavy atom. The average Bonchev–Trinajstić information content (AvgIpc) is 2.69. The number of nitrogens with one attached hydrogen (secondary N) is 2. The van der Waals surface area contributed by atoms with E-state index in [-0.39, 0.29) is 23.5 Å². The summed E-state index contributed by atoms with van der Waals surface area (Å²) in [5.41, 5.74) is 0.850. The van der Waals surface area contributed by atoms with Crippen LogP contribution < -0.4 is 24.2 Å². The Balaban J connectivity index is 1.86. The molecule has 0 radical (unpaired) electrons. The van der Waals surface area contributed by atoms with E-state index < -0.39 is 10.0 Å². The van der Waals surface area contributed by atoms with Crippen molar-refractivity contribution in [2.24, 2.45) is 0 Å². The predicted molar refractivity (Wildman–Crippen MR) is 109 cm³/mol. The molecule has 0 spiro atoms. The molecule has 0 saturated heterocycles. The van der Waals surface area contributed by atoms with Gasteiger partial charge in [-0.3, -0.25) is 4.79 Å². The Morgan fingerprint density at radius 2 is 1.66 bits per heavy atom. The maximum absolute atomic E-state index is 12.1. The molecule has 0 aliphatic rings. The number of hydrogen-bond donors (Lipinski definition) is 2. The summed E-state index contributed by atoms with van der Waals surface area (Å²) in [5, 5.41) is 2.75. The molecule has 2 N–H and O–H groups in total. The van der Waals surface area contributed by atoms with E-state index in [4.69, 9.17) is 14.2 Å². The Labute approximate surface area is 171 Å². The first-order valence-electron chi connectivity index (χ1n) is 8.98. The first-order chi connectivity index (χ1) is 13.7. The maximum atomic E-state index is 12.1. The van der Waals surface area contributed by atoms with E-state index in [9.17, 15) is 13.2 Å². The minimum atomic E-state index is -3.56. The first-order valence-corrected chi connectivity index (χ1v) is 10.5. The second-order valence-corrected chi connectivity index (χ2v) is 8.22. The van der Waals surface area contributed by atoms with Gasteiger partial charge in [-0.15, -0.1) is 0 Å². The van der Waals surface area contributed by atoms with E-state index in [2.05, 4.69) is 10.0 Å². The van der Waals surface area contributed by atoms with Crippen LogP contribution in [0.25, 0.3) is 0 Å². The van der Waals surface area contributed by atoms with Gasteiger partial charge >= 0.3 is 0 Å². The molecule has 0 saturated carbocycles. The quantitative estimate of drug-likeness (QED) is 0.608. The summed E-state index contributed by atoms with van der Waals surface area (Å²) in [6.45, 7) is 3.61. The lowest BCUT2D eigenvalue weighted by molar-refractivity contribution is -0.123. The summed E-state index contributed by atoms with van der Waals surface area (Å²) in [6, 6.07) is 11.1. The first kappa shape index (κ1) is 22.5. The molecule has 29 heavy (non-hydrogen) atoms. The minimum absolute atomic E-state index is 0.136. The average molecular weight is 423 g/mol. The number of amides is 1. The molecule has 2 rings (SSSR count). The molecule has 0 heterocycles. The number of ether oxygens (including phenoxy) is 3. The zero-order chi connectivity index (χ0) is 21.4. The summed E-state index contributed by atoms with van der Waals surface area (Å²) in [7, 11) is -0.462. The van der Waals surface area contributed by atoms with Gasteiger partial charge in [-0.05, 0) is 55.8 Å². The van der Waals surface area contributed by atoms with Crippen LogP contribution in [0.4, 0.5) is 0 Å². The lowest BCUT2D eigenvalue weighted by Gasteiger charge is -2.12. The van der Waals surface area contributed by atoms with Crippen LogP contribution in [0.2, 0.25) is 0 Å². The molecule has 0 fully saturated rings. The third-order valence-corrected chi connectivity index (χ3v) is 5.51. The Kier molecular flexibility index (Phi) is 7.86. The molecule has 0 unspecified atom stereocenters. The van der Waals surface area contributed by atoms with Gasteiger partial charge in [-0.25, -0.2) is 13.1 Å². The van der Waals surface area contributed by atoms with Gasteiger partial charge in [0, 0.05) is 12.6 Å². The van der Waals surface area contributed by atoms with E-state index >= 15 is 0 Å². The second kappa shape index (κ2) is 10.1. The third-order valence-electron chi connectivity index (χ3n) is 3.83. The molecule has 158 valence electrons. The van der Waals surface area contributed by atoms with Gasteiger partial charge in [0.25, 0.3) is 5.91 Å². The molecule has 2 aromatic carbocycles. The number of benzene rings is 2. The van der Waals surface area contributed by atoms with Crippen LogP contribution in [0.1, 0.15) is 19.4 Å². The van der Waals surface area contributed by atoms with Crippen LogP contribution in [0.15, 0.2) is 47.4 Å². The summed E-state index contributed by atoms with van der Waals surface area (Å²) in [5.74, 6) is 1.28. The highest BCUT2D eigenvalue weighted by Crippen LogP contribution is 2.27. The molecule has 0 atom stereocenters. The largest absolute Gasteiger partial charge is 0.493 e. The topological polar surface area (TPSA) is 103 Å². The van der Waals surface area contributed by atoms with E-state index in [1.807, 2.05) is 6.07 Å². The second-order valence-electron chi connectivity index (χ2n) is 6.50. The van der Waals surface area contributed by atoms with Crippen molar-refractivity contribution in [1.82, 2.24) is 10.0 Å². The van der Waals surface area contributed by atoms with E-state index in [1.165, 1.54) is 24.3 Å². The van der Waals surface area contributed by atoms with Gasteiger partial charge in [-0.2, -0.15) is 0 Å². The molecule has 0 bridgehead atoms. The number of carbonyl (C=O) groups excluding carboxylic acids is 1. The van der Waals surface area contributed by atoms with Crippen molar-refractivity contribution in [2.45, 2.75) is 31.3 Å². The summed E-state index contributed by atoms with van der Waals surface area (Å²) >= 11 is 0. The molecular weight excluding hydrogens is 396 g/mol. The van der Waals surface area contributed by atoms with Crippen molar-refractivity contribution in [3.8, 4) is 17.2 Å². The Hall–Kier alpha value is -2.78. The van der Waals surface area contributed by atoms with Gasteiger partial charge < -0.3 is 19.5 Å². The van der Waals surface area contributed by atoms with Crippen LogP contribution in [0.3, 0.4) is 0 Å². The minimum Gasteiger partial charge on any atom is -0.493 e. The van der Waals surface area contributed by atoms with E-state index in [1.54, 1.807) is 40.2 Å². The van der Waals surface area contributed by atoms with Crippen LogP contribution in [-0.2, 0) is 21.4 Å². The standard InChI is InChI=1S/C20H26N2O6S/c1-14(2)22-29(24,25)17-8-6-16(7-9-17)28-13-20(23)21-12-15-5-10-18(26-3)19(11-15)27-4/h5-11,14,22H,12-13H2,1-4H3,(H,21,23). The number of sulfonamides is 1. The third kappa shape index (κ3) is 6.65. The molecule has 1 amide bonds. The monoisotopic (exact) mass is 422 g/mol. The van der Waals surface area contributed by atoms with Crippen molar-refractivity contribution in [1.29, 1.82) is 0 Å². The molecule has 0 aliphatic carbocycles. The molecule has 0 aromatic heterocycles. The number of methoxy groups -OCH3 is 2. The van der Waals surface area contributed by atoms with Crippen LogP contribution >= 0.6 is 0 Å². The molecule has 2 aromatic rings. The van der Waals surface area contributed by atoms with Gasteiger partial charge in [0.15, 0.2) is 18.1 Å². The van der Waals surface area contributed by atoms with Crippen molar-refractivity contribution in [2.75, 3.05) is 20.8 Å². The van der Waals surface area contributed by atoms with E-state index in [0.29, 0.717) is 23.8 Å². The van der Waals surface area contributed by atoms with Crippen LogP contribution in [0, 0.1) is 0 Å². The fourth-order valence-electron chi connectivity index (χ4n) is 2.48.